The standard InChI is InChI=1S/C15H25NO3S/c1-4-19-13(11-8-6-5-7-9-11)14-16-12(10-20-14)15(17-2)18-3/h10-11,13,15H,4-9H2,1-3H3. The molecule has 1 heterocycles. The van der Waals surface area contributed by atoms with E-state index in [1.165, 1.54) is 32.1 Å². The Hall–Kier alpha value is -0.490. The van der Waals surface area contributed by atoms with Gasteiger partial charge < -0.3 is 14.2 Å². The maximum atomic E-state index is 5.99. The van der Waals surface area contributed by atoms with E-state index in [1.807, 2.05) is 5.38 Å². The van der Waals surface area contributed by atoms with Gasteiger partial charge in [0.15, 0.2) is 0 Å². The summed E-state index contributed by atoms with van der Waals surface area (Å²) in [5, 5.41) is 3.08. The second kappa shape index (κ2) is 8.08. The third-order valence-electron chi connectivity index (χ3n) is 3.88. The monoisotopic (exact) mass is 299 g/mol. The quantitative estimate of drug-likeness (QED) is 0.711. The van der Waals surface area contributed by atoms with E-state index < -0.39 is 0 Å². The van der Waals surface area contributed by atoms with Gasteiger partial charge in [-0.05, 0) is 25.7 Å². The number of rotatable bonds is 7. The maximum Gasteiger partial charge on any atom is 0.201 e. The van der Waals surface area contributed by atoms with E-state index in [0.29, 0.717) is 5.92 Å². The van der Waals surface area contributed by atoms with Gasteiger partial charge in [0, 0.05) is 26.2 Å². The van der Waals surface area contributed by atoms with Crippen LogP contribution in [0.25, 0.3) is 0 Å². The van der Waals surface area contributed by atoms with Crippen LogP contribution in [0, 0.1) is 5.92 Å². The van der Waals surface area contributed by atoms with Crippen LogP contribution in [0.4, 0.5) is 0 Å². The molecule has 0 N–H and O–H groups in total. The molecule has 0 spiro atoms. The summed E-state index contributed by atoms with van der Waals surface area (Å²) in [6.07, 6.45) is 6.22. The first-order valence-corrected chi connectivity index (χ1v) is 8.30. The predicted molar refractivity (Wildman–Crippen MR) is 79.8 cm³/mol. The minimum Gasteiger partial charge on any atom is -0.371 e. The topological polar surface area (TPSA) is 40.6 Å². The number of thiazole rings is 1. The van der Waals surface area contributed by atoms with E-state index in [9.17, 15) is 0 Å². The molecule has 1 unspecified atom stereocenters. The lowest BCUT2D eigenvalue weighted by atomic mass is 9.85. The van der Waals surface area contributed by atoms with Crippen LogP contribution in [0.2, 0.25) is 0 Å². The average molecular weight is 299 g/mol. The molecule has 0 aromatic carbocycles. The lowest BCUT2D eigenvalue weighted by molar-refractivity contribution is -0.108. The summed E-state index contributed by atoms with van der Waals surface area (Å²) in [5.41, 5.74) is 0.843. The molecule has 0 radical (unpaired) electrons. The molecule has 2 rings (SSSR count). The Morgan fingerprint density at radius 2 is 1.95 bits per heavy atom. The average Bonchev–Trinajstić information content (AvgIpc) is 2.96. The van der Waals surface area contributed by atoms with Gasteiger partial charge in [-0.1, -0.05) is 19.3 Å². The number of nitrogens with zero attached hydrogens (tertiary/aromatic N) is 1. The van der Waals surface area contributed by atoms with Crippen LogP contribution in [0.3, 0.4) is 0 Å². The fourth-order valence-electron chi connectivity index (χ4n) is 2.90. The number of methoxy groups -OCH3 is 2. The number of hydrogen-bond acceptors (Lipinski definition) is 5. The van der Waals surface area contributed by atoms with Crippen LogP contribution < -0.4 is 0 Å². The minimum absolute atomic E-state index is 0.133. The van der Waals surface area contributed by atoms with Crippen LogP contribution in [0.1, 0.15) is 62.1 Å². The van der Waals surface area contributed by atoms with Crippen LogP contribution in [0.5, 0.6) is 0 Å². The fourth-order valence-corrected chi connectivity index (χ4v) is 3.86. The van der Waals surface area contributed by atoms with Gasteiger partial charge in [-0.3, -0.25) is 0 Å². The first kappa shape index (κ1) is 15.9. The number of hydrogen-bond donors (Lipinski definition) is 0. The smallest absolute Gasteiger partial charge is 0.201 e. The van der Waals surface area contributed by atoms with Crippen molar-refractivity contribution in [2.24, 2.45) is 5.92 Å². The van der Waals surface area contributed by atoms with Crippen molar-refractivity contribution in [3.63, 3.8) is 0 Å². The largest absolute Gasteiger partial charge is 0.371 e. The van der Waals surface area contributed by atoms with Crippen molar-refractivity contribution >= 4 is 11.3 Å². The molecule has 1 aromatic rings. The Kier molecular flexibility index (Phi) is 6.42. The van der Waals surface area contributed by atoms with Gasteiger partial charge >= 0.3 is 0 Å². The van der Waals surface area contributed by atoms with Gasteiger partial charge in [0.2, 0.25) is 6.29 Å². The Bertz CT molecular complexity index is 386. The minimum atomic E-state index is -0.381. The molecular weight excluding hydrogens is 274 g/mol. The highest BCUT2D eigenvalue weighted by molar-refractivity contribution is 7.09. The Morgan fingerprint density at radius 1 is 1.25 bits per heavy atom. The van der Waals surface area contributed by atoms with E-state index in [-0.39, 0.29) is 12.4 Å². The molecule has 1 fully saturated rings. The molecule has 0 aliphatic heterocycles. The molecule has 1 aliphatic rings. The second-order valence-corrected chi connectivity index (χ2v) is 6.08. The van der Waals surface area contributed by atoms with Crippen LogP contribution in [0.15, 0.2) is 5.38 Å². The van der Waals surface area contributed by atoms with Gasteiger partial charge in [-0.25, -0.2) is 4.98 Å². The van der Waals surface area contributed by atoms with Gasteiger partial charge in [-0.2, -0.15) is 0 Å². The van der Waals surface area contributed by atoms with Crippen molar-refractivity contribution in [1.29, 1.82) is 0 Å². The zero-order valence-corrected chi connectivity index (χ0v) is 13.4. The molecule has 0 bridgehead atoms. The SMILES string of the molecule is CCOC(c1nc(C(OC)OC)cs1)C1CCCCC1. The lowest BCUT2D eigenvalue weighted by Gasteiger charge is -2.28. The lowest BCUT2D eigenvalue weighted by Crippen LogP contribution is -2.19. The van der Waals surface area contributed by atoms with Gasteiger partial charge in [0.25, 0.3) is 0 Å². The Morgan fingerprint density at radius 3 is 2.55 bits per heavy atom. The molecule has 5 heteroatoms. The summed E-state index contributed by atoms with van der Waals surface area (Å²) in [6, 6.07) is 0. The van der Waals surface area contributed by atoms with E-state index >= 15 is 0 Å². The Labute approximate surface area is 125 Å². The normalized spacial score (nSPS) is 18.6. The summed E-state index contributed by atoms with van der Waals surface area (Å²) >= 11 is 1.65. The number of ether oxygens (including phenoxy) is 3. The van der Waals surface area contributed by atoms with E-state index in [1.54, 1.807) is 25.6 Å². The molecule has 4 nitrogen and oxygen atoms in total. The third kappa shape index (κ3) is 3.79. The predicted octanol–water partition coefficient (Wildman–Crippen LogP) is 4.09. The van der Waals surface area contributed by atoms with Gasteiger partial charge in [0.05, 0.1) is 0 Å². The summed E-state index contributed by atoms with van der Waals surface area (Å²) < 4.78 is 16.5. The van der Waals surface area contributed by atoms with E-state index in [0.717, 1.165) is 17.3 Å². The summed E-state index contributed by atoms with van der Waals surface area (Å²) in [6.45, 7) is 2.78. The highest BCUT2D eigenvalue weighted by Gasteiger charge is 2.28. The molecule has 20 heavy (non-hydrogen) atoms. The van der Waals surface area contributed by atoms with Crippen molar-refractivity contribution < 1.29 is 14.2 Å². The summed E-state index contributed by atoms with van der Waals surface area (Å²) in [5.74, 6) is 0.603. The van der Waals surface area contributed by atoms with Crippen molar-refractivity contribution in [3.05, 3.63) is 16.1 Å². The molecule has 0 saturated heterocycles. The molecule has 1 atom stereocenters. The van der Waals surface area contributed by atoms with Crippen LogP contribution >= 0.6 is 11.3 Å². The Balaban J connectivity index is 2.12. The molecule has 1 saturated carbocycles. The van der Waals surface area contributed by atoms with Crippen LogP contribution in [-0.2, 0) is 14.2 Å². The molecular formula is C15H25NO3S. The maximum absolute atomic E-state index is 5.99. The fraction of sp³-hybridized carbons (Fsp3) is 0.800. The summed E-state index contributed by atoms with van der Waals surface area (Å²) in [4.78, 5) is 4.69. The second-order valence-electron chi connectivity index (χ2n) is 5.19. The molecule has 1 aliphatic carbocycles. The van der Waals surface area contributed by atoms with Crippen molar-refractivity contribution in [1.82, 2.24) is 4.98 Å². The molecule has 1 aromatic heterocycles. The zero-order valence-electron chi connectivity index (χ0n) is 12.6. The molecule has 0 amide bonds. The zero-order chi connectivity index (χ0) is 14.4. The van der Waals surface area contributed by atoms with Gasteiger partial charge in [-0.15, -0.1) is 11.3 Å². The van der Waals surface area contributed by atoms with Crippen molar-refractivity contribution in [2.45, 2.75) is 51.4 Å². The van der Waals surface area contributed by atoms with Crippen molar-refractivity contribution in [2.75, 3.05) is 20.8 Å². The van der Waals surface area contributed by atoms with Gasteiger partial charge in [0.1, 0.15) is 16.8 Å². The first-order valence-electron chi connectivity index (χ1n) is 7.42. The first-order chi connectivity index (χ1) is 9.80. The van der Waals surface area contributed by atoms with E-state index in [2.05, 4.69) is 11.9 Å². The van der Waals surface area contributed by atoms with E-state index in [4.69, 9.17) is 14.2 Å². The van der Waals surface area contributed by atoms with Crippen molar-refractivity contribution in [3.8, 4) is 0 Å². The number of aromatic nitrogens is 1. The molecule has 114 valence electrons. The summed E-state index contributed by atoms with van der Waals surface area (Å²) in [7, 11) is 3.27. The highest BCUT2D eigenvalue weighted by atomic mass is 32.1. The third-order valence-corrected chi connectivity index (χ3v) is 4.80. The highest BCUT2D eigenvalue weighted by Crippen LogP contribution is 2.38. The van der Waals surface area contributed by atoms with Crippen LogP contribution in [-0.4, -0.2) is 25.8 Å².